The number of rotatable bonds is 9. The summed E-state index contributed by atoms with van der Waals surface area (Å²) >= 11 is 0. The first-order valence-electron chi connectivity index (χ1n) is 9.05. The fraction of sp³-hybridized carbons (Fsp3) is 0.500. The normalized spacial score (nSPS) is 13.8. The topological polar surface area (TPSA) is 91.4 Å². The van der Waals surface area contributed by atoms with Crippen LogP contribution >= 0.6 is 0 Å². The van der Waals surface area contributed by atoms with Crippen LogP contribution in [0.4, 0.5) is 0 Å². The Labute approximate surface area is 153 Å². The van der Waals surface area contributed by atoms with E-state index in [4.69, 9.17) is 0 Å². The van der Waals surface area contributed by atoms with Gasteiger partial charge in [0, 0.05) is 29.4 Å². The molecule has 0 spiro atoms. The van der Waals surface area contributed by atoms with Crippen molar-refractivity contribution in [3.63, 3.8) is 0 Å². The highest BCUT2D eigenvalue weighted by atomic mass is 16.3. The van der Waals surface area contributed by atoms with E-state index < -0.39 is 18.0 Å². The number of carbonyl (C=O) groups excluding carboxylic acids is 2. The van der Waals surface area contributed by atoms with Gasteiger partial charge in [-0.05, 0) is 24.0 Å². The molecule has 2 rings (SSSR count). The highest BCUT2D eigenvalue weighted by Gasteiger charge is 2.28. The van der Waals surface area contributed by atoms with E-state index in [0.29, 0.717) is 12.8 Å². The minimum atomic E-state index is -0.972. The van der Waals surface area contributed by atoms with Gasteiger partial charge in [-0.1, -0.05) is 51.1 Å². The standard InChI is InChI=1S/C20H27N3O3/c1-12(2)9-18(23-26)20(25)22-17(19(24)13(3)4)10-14-11-21-16-8-6-5-7-15(14)16/h5-8,11-13,17-18,21H,9-10H2,1-4H3,(H,22,25). The molecular weight excluding hydrogens is 330 g/mol. The van der Waals surface area contributed by atoms with Gasteiger partial charge in [-0.3, -0.25) is 9.59 Å². The lowest BCUT2D eigenvalue weighted by Gasteiger charge is -2.21. The number of Topliss-reactive ketones (excluding diaryl/α,β-unsaturated/α-hetero) is 1. The van der Waals surface area contributed by atoms with Crippen molar-refractivity contribution < 1.29 is 9.59 Å². The van der Waals surface area contributed by atoms with Crippen LogP contribution in [0.25, 0.3) is 10.9 Å². The Bertz CT molecular complexity index is 779. The third-order valence-corrected chi connectivity index (χ3v) is 4.45. The van der Waals surface area contributed by atoms with E-state index in [9.17, 15) is 14.5 Å². The maximum atomic E-state index is 12.6. The summed E-state index contributed by atoms with van der Waals surface area (Å²) in [7, 11) is 0. The minimum Gasteiger partial charge on any atom is -0.361 e. The van der Waals surface area contributed by atoms with Gasteiger partial charge in [-0.25, -0.2) is 0 Å². The molecule has 0 aliphatic carbocycles. The van der Waals surface area contributed by atoms with Crippen LogP contribution in [0.15, 0.2) is 35.6 Å². The summed E-state index contributed by atoms with van der Waals surface area (Å²) in [4.78, 5) is 39.4. The average molecular weight is 357 g/mol. The van der Waals surface area contributed by atoms with Gasteiger partial charge in [0.25, 0.3) is 0 Å². The Morgan fingerprint density at radius 3 is 2.46 bits per heavy atom. The van der Waals surface area contributed by atoms with Crippen molar-refractivity contribution in [1.82, 2.24) is 10.3 Å². The van der Waals surface area contributed by atoms with Crippen molar-refractivity contribution in [3.05, 3.63) is 40.9 Å². The van der Waals surface area contributed by atoms with Gasteiger partial charge in [0.1, 0.15) is 0 Å². The monoisotopic (exact) mass is 357 g/mol. The number of benzene rings is 1. The SMILES string of the molecule is CC(C)CC(N=O)C(=O)NC(Cc1c[nH]c2ccccc12)C(=O)C(C)C. The largest absolute Gasteiger partial charge is 0.361 e. The lowest BCUT2D eigenvalue weighted by molar-refractivity contribution is -0.130. The van der Waals surface area contributed by atoms with E-state index >= 15 is 0 Å². The number of nitrogens with zero attached hydrogens (tertiary/aromatic N) is 1. The molecule has 0 bridgehead atoms. The Morgan fingerprint density at radius 2 is 1.85 bits per heavy atom. The van der Waals surface area contributed by atoms with Gasteiger partial charge < -0.3 is 10.3 Å². The molecule has 0 aliphatic heterocycles. The first-order chi connectivity index (χ1) is 12.3. The number of nitrogens with one attached hydrogen (secondary N) is 2. The molecule has 0 fully saturated rings. The van der Waals surface area contributed by atoms with E-state index in [1.165, 1.54) is 0 Å². The van der Waals surface area contributed by atoms with Crippen LogP contribution in [0, 0.1) is 16.7 Å². The second kappa shape index (κ2) is 8.74. The Kier molecular flexibility index (Phi) is 6.66. The van der Waals surface area contributed by atoms with Crippen molar-refractivity contribution in [1.29, 1.82) is 0 Å². The number of nitroso groups, excluding NO2 is 1. The number of para-hydroxylation sites is 1. The molecule has 1 aromatic heterocycles. The minimum absolute atomic E-state index is 0.0576. The zero-order chi connectivity index (χ0) is 19.3. The van der Waals surface area contributed by atoms with E-state index in [2.05, 4.69) is 15.5 Å². The fourth-order valence-electron chi connectivity index (χ4n) is 3.06. The molecule has 0 saturated carbocycles. The highest BCUT2D eigenvalue weighted by molar-refractivity contribution is 5.93. The lowest BCUT2D eigenvalue weighted by atomic mass is 9.94. The number of hydrogen-bond donors (Lipinski definition) is 2. The van der Waals surface area contributed by atoms with E-state index in [1.807, 2.05) is 44.3 Å². The van der Waals surface area contributed by atoms with Gasteiger partial charge in [-0.2, -0.15) is 0 Å². The first-order valence-corrected chi connectivity index (χ1v) is 9.05. The number of fused-ring (bicyclic) bond motifs is 1. The Morgan fingerprint density at radius 1 is 1.15 bits per heavy atom. The molecule has 0 saturated heterocycles. The molecule has 1 aromatic carbocycles. The predicted octanol–water partition coefficient (Wildman–Crippen LogP) is 3.60. The van der Waals surface area contributed by atoms with Gasteiger partial charge in [0.2, 0.25) is 5.91 Å². The van der Waals surface area contributed by atoms with Crippen molar-refractivity contribution in [3.8, 4) is 0 Å². The number of amides is 1. The summed E-state index contributed by atoms with van der Waals surface area (Å²) < 4.78 is 0. The summed E-state index contributed by atoms with van der Waals surface area (Å²) in [5.41, 5.74) is 1.94. The number of aromatic nitrogens is 1. The molecule has 2 atom stereocenters. The molecule has 2 aromatic rings. The van der Waals surface area contributed by atoms with Crippen molar-refractivity contribution in [2.45, 2.75) is 52.6 Å². The maximum absolute atomic E-state index is 12.6. The number of carbonyl (C=O) groups is 2. The van der Waals surface area contributed by atoms with Crippen molar-refractivity contribution >= 4 is 22.6 Å². The molecule has 2 N–H and O–H groups in total. The van der Waals surface area contributed by atoms with Crippen molar-refractivity contribution in [2.75, 3.05) is 0 Å². The molecular formula is C20H27N3O3. The first kappa shape index (κ1) is 19.8. The van der Waals surface area contributed by atoms with Crippen LogP contribution in [0.1, 0.15) is 39.7 Å². The number of hydrogen-bond acceptors (Lipinski definition) is 4. The molecule has 26 heavy (non-hydrogen) atoms. The van der Waals surface area contributed by atoms with Gasteiger partial charge in [-0.15, -0.1) is 4.91 Å². The molecule has 1 heterocycles. The summed E-state index contributed by atoms with van der Waals surface area (Å²) in [6.07, 6.45) is 2.60. The van der Waals surface area contributed by atoms with Crippen LogP contribution in [-0.2, 0) is 16.0 Å². The maximum Gasteiger partial charge on any atom is 0.249 e. The molecule has 6 nitrogen and oxygen atoms in total. The number of ketones is 1. The van der Waals surface area contributed by atoms with Crippen LogP contribution in [0.3, 0.4) is 0 Å². The third kappa shape index (κ3) is 4.77. The van der Waals surface area contributed by atoms with Crippen LogP contribution in [0.2, 0.25) is 0 Å². The summed E-state index contributed by atoms with van der Waals surface area (Å²) in [5.74, 6) is -0.597. The molecule has 2 unspecified atom stereocenters. The number of H-pyrrole nitrogens is 1. The second-order valence-electron chi connectivity index (χ2n) is 7.43. The lowest BCUT2D eigenvalue weighted by Crippen LogP contribution is -2.47. The highest BCUT2D eigenvalue weighted by Crippen LogP contribution is 2.20. The van der Waals surface area contributed by atoms with Crippen LogP contribution in [-0.4, -0.2) is 28.8 Å². The molecule has 0 aliphatic rings. The van der Waals surface area contributed by atoms with Gasteiger partial charge >= 0.3 is 0 Å². The summed E-state index contributed by atoms with van der Waals surface area (Å²) in [6, 6.07) is 6.17. The molecule has 0 radical (unpaired) electrons. The van der Waals surface area contributed by atoms with E-state index in [1.54, 1.807) is 13.8 Å². The second-order valence-corrected chi connectivity index (χ2v) is 7.43. The van der Waals surface area contributed by atoms with Gasteiger partial charge in [0.05, 0.1) is 6.04 Å². The fourth-order valence-corrected chi connectivity index (χ4v) is 3.06. The van der Waals surface area contributed by atoms with Crippen LogP contribution in [0.5, 0.6) is 0 Å². The molecule has 140 valence electrons. The average Bonchev–Trinajstić information content (AvgIpc) is 3.01. The van der Waals surface area contributed by atoms with Crippen LogP contribution < -0.4 is 5.32 Å². The Balaban J connectivity index is 2.22. The Hall–Kier alpha value is -2.50. The summed E-state index contributed by atoms with van der Waals surface area (Å²) in [5, 5.41) is 6.74. The number of aromatic amines is 1. The van der Waals surface area contributed by atoms with Gasteiger partial charge in [0.15, 0.2) is 11.8 Å². The quantitative estimate of drug-likeness (QED) is 0.672. The molecule has 6 heteroatoms. The zero-order valence-electron chi connectivity index (χ0n) is 15.8. The third-order valence-electron chi connectivity index (χ3n) is 4.45. The summed E-state index contributed by atoms with van der Waals surface area (Å²) in [6.45, 7) is 7.46. The van der Waals surface area contributed by atoms with Crippen molar-refractivity contribution in [2.24, 2.45) is 17.0 Å². The zero-order valence-corrected chi connectivity index (χ0v) is 15.8. The smallest absolute Gasteiger partial charge is 0.249 e. The molecule has 1 amide bonds. The predicted molar refractivity (Wildman–Crippen MR) is 103 cm³/mol. The van der Waals surface area contributed by atoms with E-state index in [0.717, 1.165) is 16.5 Å². The van der Waals surface area contributed by atoms with E-state index in [-0.39, 0.29) is 17.6 Å².